The molecule has 0 radical (unpaired) electrons. The second-order valence-corrected chi connectivity index (χ2v) is 6.14. The molecular weight excluding hydrogens is 352 g/mol. The van der Waals surface area contributed by atoms with Gasteiger partial charge in [-0.1, -0.05) is 42.8 Å². The molecule has 0 aliphatic heterocycles. The summed E-state index contributed by atoms with van der Waals surface area (Å²) in [5.41, 5.74) is 2.09. The van der Waals surface area contributed by atoms with E-state index < -0.39 is 0 Å². The number of nitrogens with zero attached hydrogens (tertiary/aromatic N) is 3. The van der Waals surface area contributed by atoms with Crippen LogP contribution in [0.2, 0.25) is 5.02 Å². The SMILES string of the molecule is CCCNC(c1cccc(Br)c1Cl)c1cnnn1CCC. The number of rotatable bonds is 7. The largest absolute Gasteiger partial charge is 0.305 e. The maximum absolute atomic E-state index is 6.48. The summed E-state index contributed by atoms with van der Waals surface area (Å²) in [5.74, 6) is 0. The average molecular weight is 372 g/mol. The van der Waals surface area contributed by atoms with Crippen LogP contribution in [-0.2, 0) is 6.54 Å². The predicted molar refractivity (Wildman–Crippen MR) is 89.6 cm³/mol. The second-order valence-electron chi connectivity index (χ2n) is 4.91. The lowest BCUT2D eigenvalue weighted by molar-refractivity contribution is 0.504. The third kappa shape index (κ3) is 3.84. The van der Waals surface area contributed by atoms with Gasteiger partial charge in [-0.15, -0.1) is 5.10 Å². The lowest BCUT2D eigenvalue weighted by Crippen LogP contribution is -2.26. The van der Waals surface area contributed by atoms with E-state index in [4.69, 9.17) is 11.6 Å². The number of hydrogen-bond acceptors (Lipinski definition) is 3. The first-order chi connectivity index (χ1) is 10.2. The van der Waals surface area contributed by atoms with Crippen LogP contribution in [0.1, 0.15) is 44.0 Å². The molecule has 0 bridgehead atoms. The number of halogens is 2. The van der Waals surface area contributed by atoms with Crippen LogP contribution in [0.5, 0.6) is 0 Å². The zero-order valence-electron chi connectivity index (χ0n) is 12.3. The third-order valence-corrected chi connectivity index (χ3v) is 4.58. The lowest BCUT2D eigenvalue weighted by atomic mass is 10.0. The van der Waals surface area contributed by atoms with Gasteiger partial charge in [0.2, 0.25) is 0 Å². The first-order valence-electron chi connectivity index (χ1n) is 7.24. The summed E-state index contributed by atoms with van der Waals surface area (Å²) in [4.78, 5) is 0. The molecule has 1 unspecified atom stereocenters. The molecule has 4 nitrogen and oxygen atoms in total. The van der Waals surface area contributed by atoms with Crippen molar-refractivity contribution in [3.63, 3.8) is 0 Å². The number of benzene rings is 1. The minimum atomic E-state index is -0.00324. The topological polar surface area (TPSA) is 42.7 Å². The predicted octanol–water partition coefficient (Wildman–Crippen LogP) is 4.19. The Morgan fingerprint density at radius 2 is 2.14 bits per heavy atom. The minimum absolute atomic E-state index is 0.00324. The standard InChI is InChI=1S/C15H20BrClN4/c1-3-8-18-15(11-6-5-7-12(16)14(11)17)13-10-19-20-21(13)9-4-2/h5-7,10,15,18H,3-4,8-9H2,1-2H3. The Labute approximate surface area is 139 Å². The molecule has 1 atom stereocenters. The Hall–Kier alpha value is -0.910. The van der Waals surface area contributed by atoms with Gasteiger partial charge in [-0.05, 0) is 46.9 Å². The van der Waals surface area contributed by atoms with Crippen molar-refractivity contribution in [2.45, 2.75) is 39.3 Å². The van der Waals surface area contributed by atoms with E-state index in [1.807, 2.05) is 29.1 Å². The molecule has 21 heavy (non-hydrogen) atoms. The highest BCUT2D eigenvalue weighted by molar-refractivity contribution is 9.10. The van der Waals surface area contributed by atoms with E-state index in [-0.39, 0.29) is 6.04 Å². The summed E-state index contributed by atoms with van der Waals surface area (Å²) in [7, 11) is 0. The van der Waals surface area contributed by atoms with Gasteiger partial charge in [-0.3, -0.25) is 0 Å². The quantitative estimate of drug-likeness (QED) is 0.793. The Morgan fingerprint density at radius 1 is 1.33 bits per heavy atom. The molecule has 0 amide bonds. The van der Waals surface area contributed by atoms with Crippen LogP contribution in [0.3, 0.4) is 0 Å². The molecule has 1 heterocycles. The van der Waals surface area contributed by atoms with Crippen molar-refractivity contribution < 1.29 is 0 Å². The number of aryl methyl sites for hydroxylation is 1. The molecule has 1 N–H and O–H groups in total. The normalized spacial score (nSPS) is 12.6. The molecule has 1 aromatic heterocycles. The average Bonchev–Trinajstić information content (AvgIpc) is 2.92. The fourth-order valence-corrected chi connectivity index (χ4v) is 2.90. The monoisotopic (exact) mass is 370 g/mol. The van der Waals surface area contributed by atoms with Crippen molar-refractivity contribution >= 4 is 27.5 Å². The van der Waals surface area contributed by atoms with Gasteiger partial charge < -0.3 is 5.32 Å². The zero-order valence-corrected chi connectivity index (χ0v) is 14.7. The van der Waals surface area contributed by atoms with Crippen molar-refractivity contribution in [1.82, 2.24) is 20.3 Å². The van der Waals surface area contributed by atoms with Gasteiger partial charge in [0.15, 0.2) is 0 Å². The first kappa shape index (κ1) is 16.5. The highest BCUT2D eigenvalue weighted by Crippen LogP contribution is 2.33. The summed E-state index contributed by atoms with van der Waals surface area (Å²) in [6, 6.07) is 5.99. The second kappa shape index (κ2) is 7.92. The van der Waals surface area contributed by atoms with Crippen LogP contribution in [0, 0.1) is 0 Å². The Balaban J connectivity index is 2.42. The van der Waals surface area contributed by atoms with E-state index in [1.54, 1.807) is 0 Å². The molecule has 0 saturated heterocycles. The molecule has 1 aromatic carbocycles. The van der Waals surface area contributed by atoms with Gasteiger partial charge in [-0.2, -0.15) is 0 Å². The van der Waals surface area contributed by atoms with Crippen LogP contribution in [0.15, 0.2) is 28.9 Å². The smallest absolute Gasteiger partial charge is 0.0802 e. The summed E-state index contributed by atoms with van der Waals surface area (Å²) in [6.07, 6.45) is 3.89. The third-order valence-electron chi connectivity index (χ3n) is 3.27. The Morgan fingerprint density at radius 3 is 2.86 bits per heavy atom. The van der Waals surface area contributed by atoms with E-state index in [2.05, 4.69) is 45.4 Å². The molecule has 0 fully saturated rings. The van der Waals surface area contributed by atoms with Gasteiger partial charge in [0, 0.05) is 11.0 Å². The molecule has 2 aromatic rings. The van der Waals surface area contributed by atoms with Crippen molar-refractivity contribution in [3.05, 3.63) is 45.1 Å². The first-order valence-corrected chi connectivity index (χ1v) is 8.41. The minimum Gasteiger partial charge on any atom is -0.305 e. The fraction of sp³-hybridized carbons (Fsp3) is 0.467. The van der Waals surface area contributed by atoms with E-state index in [0.717, 1.165) is 46.7 Å². The Bertz CT molecular complexity index is 585. The molecule has 0 spiro atoms. The molecule has 6 heteroatoms. The van der Waals surface area contributed by atoms with Gasteiger partial charge in [-0.25, -0.2) is 4.68 Å². The van der Waals surface area contributed by atoms with Gasteiger partial charge in [0.1, 0.15) is 0 Å². The van der Waals surface area contributed by atoms with Crippen LogP contribution in [-0.4, -0.2) is 21.5 Å². The highest BCUT2D eigenvalue weighted by Gasteiger charge is 2.21. The maximum Gasteiger partial charge on any atom is 0.0802 e. The molecular formula is C15H20BrClN4. The maximum atomic E-state index is 6.48. The van der Waals surface area contributed by atoms with E-state index >= 15 is 0 Å². The highest BCUT2D eigenvalue weighted by atomic mass is 79.9. The van der Waals surface area contributed by atoms with Crippen LogP contribution < -0.4 is 5.32 Å². The van der Waals surface area contributed by atoms with E-state index in [9.17, 15) is 0 Å². The van der Waals surface area contributed by atoms with Crippen LogP contribution >= 0.6 is 27.5 Å². The summed E-state index contributed by atoms with van der Waals surface area (Å²) in [6.45, 7) is 6.04. The molecule has 114 valence electrons. The van der Waals surface area contributed by atoms with Crippen molar-refractivity contribution in [2.75, 3.05) is 6.54 Å². The zero-order chi connectivity index (χ0) is 15.2. The van der Waals surface area contributed by atoms with Gasteiger partial charge in [0.25, 0.3) is 0 Å². The number of nitrogens with one attached hydrogen (secondary N) is 1. The lowest BCUT2D eigenvalue weighted by Gasteiger charge is -2.21. The van der Waals surface area contributed by atoms with E-state index in [0.29, 0.717) is 0 Å². The number of hydrogen-bond donors (Lipinski definition) is 1. The fourth-order valence-electron chi connectivity index (χ4n) is 2.28. The Kier molecular flexibility index (Phi) is 6.21. The van der Waals surface area contributed by atoms with Crippen LogP contribution in [0.25, 0.3) is 0 Å². The van der Waals surface area contributed by atoms with Gasteiger partial charge in [0.05, 0.1) is 23.0 Å². The molecule has 0 saturated carbocycles. The number of aromatic nitrogens is 3. The van der Waals surface area contributed by atoms with Crippen LogP contribution in [0.4, 0.5) is 0 Å². The molecule has 0 aliphatic rings. The summed E-state index contributed by atoms with van der Waals surface area (Å²) < 4.78 is 2.85. The van der Waals surface area contributed by atoms with Crippen molar-refractivity contribution in [3.8, 4) is 0 Å². The van der Waals surface area contributed by atoms with Gasteiger partial charge >= 0.3 is 0 Å². The van der Waals surface area contributed by atoms with E-state index in [1.165, 1.54) is 0 Å². The van der Waals surface area contributed by atoms with Crippen molar-refractivity contribution in [1.29, 1.82) is 0 Å². The summed E-state index contributed by atoms with van der Waals surface area (Å²) >= 11 is 9.97. The molecule has 2 rings (SSSR count). The summed E-state index contributed by atoms with van der Waals surface area (Å²) in [5, 5.41) is 12.5. The van der Waals surface area contributed by atoms with Crippen molar-refractivity contribution in [2.24, 2.45) is 0 Å². The molecule has 0 aliphatic carbocycles.